The summed E-state index contributed by atoms with van der Waals surface area (Å²) in [6.07, 6.45) is 5.02. The van der Waals surface area contributed by atoms with Crippen LogP contribution in [-0.4, -0.2) is 30.6 Å². The van der Waals surface area contributed by atoms with E-state index in [0.29, 0.717) is 6.04 Å². The molecule has 0 bridgehead atoms. The molecule has 2 heteroatoms. The van der Waals surface area contributed by atoms with Gasteiger partial charge in [0.05, 0.1) is 0 Å². The molecule has 0 amide bonds. The highest BCUT2D eigenvalue weighted by Crippen LogP contribution is 2.07. The maximum Gasteiger partial charge on any atom is 0.0168 e. The van der Waals surface area contributed by atoms with Crippen LogP contribution < -0.4 is 5.73 Å². The Kier molecular flexibility index (Phi) is 13.0. The van der Waals surface area contributed by atoms with E-state index >= 15 is 0 Å². The van der Waals surface area contributed by atoms with E-state index in [2.05, 4.69) is 25.7 Å². The van der Waals surface area contributed by atoms with E-state index < -0.39 is 0 Å². The van der Waals surface area contributed by atoms with Crippen LogP contribution in [0.5, 0.6) is 0 Å². The topological polar surface area (TPSA) is 29.3 Å². The average molecular weight is 264 g/mol. The zero-order valence-electron chi connectivity index (χ0n) is 13.0. The van der Waals surface area contributed by atoms with Crippen molar-refractivity contribution in [3.8, 4) is 0 Å². The van der Waals surface area contributed by atoms with Crippen LogP contribution in [-0.2, 0) is 0 Å². The summed E-state index contributed by atoms with van der Waals surface area (Å²) < 4.78 is 0. The summed E-state index contributed by atoms with van der Waals surface area (Å²) in [6.45, 7) is 10.1. The molecule has 1 saturated heterocycles. The van der Waals surface area contributed by atoms with Gasteiger partial charge in [-0.2, -0.15) is 0 Å². The second-order valence-corrected chi connectivity index (χ2v) is 5.06. The van der Waals surface area contributed by atoms with Gasteiger partial charge < -0.3 is 10.6 Å². The Morgan fingerprint density at radius 2 is 1.47 bits per heavy atom. The monoisotopic (exact) mass is 264 g/mol. The molecule has 1 fully saturated rings. The number of rotatable bonds is 2. The fraction of sp³-hybridized carbons (Fsp3) is 0.647. The third-order valence-electron chi connectivity index (χ3n) is 2.75. The van der Waals surface area contributed by atoms with Gasteiger partial charge in [0.1, 0.15) is 0 Å². The van der Waals surface area contributed by atoms with Crippen LogP contribution in [0.1, 0.15) is 46.5 Å². The van der Waals surface area contributed by atoms with Crippen LogP contribution in [0, 0.1) is 0 Å². The summed E-state index contributed by atoms with van der Waals surface area (Å²) in [5.41, 5.74) is 5.81. The first-order valence-electron chi connectivity index (χ1n) is 7.72. The van der Waals surface area contributed by atoms with Crippen LogP contribution in [0.15, 0.2) is 36.4 Å². The maximum atomic E-state index is 5.81. The minimum absolute atomic E-state index is 0.445. The second kappa shape index (κ2) is 13.6. The van der Waals surface area contributed by atoms with Crippen molar-refractivity contribution in [1.82, 2.24) is 4.90 Å². The highest BCUT2D eigenvalue weighted by molar-refractivity contribution is 4.99. The van der Waals surface area contributed by atoms with Gasteiger partial charge in [0, 0.05) is 12.6 Å². The Morgan fingerprint density at radius 3 is 1.84 bits per heavy atom. The van der Waals surface area contributed by atoms with Gasteiger partial charge >= 0.3 is 0 Å². The third-order valence-corrected chi connectivity index (χ3v) is 2.75. The van der Waals surface area contributed by atoms with E-state index in [1.165, 1.54) is 38.8 Å². The van der Waals surface area contributed by atoms with Gasteiger partial charge in [-0.25, -0.2) is 0 Å². The van der Waals surface area contributed by atoms with E-state index in [-0.39, 0.29) is 0 Å². The maximum absolute atomic E-state index is 5.81. The molecule has 1 aromatic rings. The Morgan fingerprint density at radius 1 is 1.00 bits per heavy atom. The number of nitrogens with two attached hydrogens (primary N) is 1. The molecule has 2 rings (SSSR count). The van der Waals surface area contributed by atoms with Crippen molar-refractivity contribution in [2.75, 3.05) is 19.6 Å². The fourth-order valence-electron chi connectivity index (χ4n) is 2.00. The molecule has 1 atom stereocenters. The highest BCUT2D eigenvalue weighted by Gasteiger charge is 2.14. The first-order chi connectivity index (χ1) is 9.24. The molecule has 0 radical (unpaired) electrons. The molecule has 110 valence electrons. The smallest absolute Gasteiger partial charge is 0.0168 e. The highest BCUT2D eigenvalue weighted by atomic mass is 15.1. The predicted molar refractivity (Wildman–Crippen MR) is 86.3 cm³/mol. The van der Waals surface area contributed by atoms with Gasteiger partial charge in [-0.3, -0.25) is 0 Å². The van der Waals surface area contributed by atoms with E-state index in [4.69, 9.17) is 5.73 Å². The molecule has 1 heterocycles. The summed E-state index contributed by atoms with van der Waals surface area (Å²) in [6, 6.07) is 12.4. The van der Waals surface area contributed by atoms with Crippen LogP contribution in [0.2, 0.25) is 0 Å². The molecule has 0 aliphatic carbocycles. The van der Waals surface area contributed by atoms with Crippen LogP contribution in [0.3, 0.4) is 0 Å². The van der Waals surface area contributed by atoms with Crippen LogP contribution in [0.4, 0.5) is 0 Å². The van der Waals surface area contributed by atoms with Crippen LogP contribution in [0.25, 0.3) is 0 Å². The Hall–Kier alpha value is -0.860. The van der Waals surface area contributed by atoms with Crippen molar-refractivity contribution in [3.05, 3.63) is 36.4 Å². The van der Waals surface area contributed by atoms with Crippen molar-refractivity contribution >= 4 is 0 Å². The molecule has 19 heavy (non-hydrogen) atoms. The molecule has 1 aliphatic rings. The Labute approximate surface area is 120 Å². The molecule has 2 N–H and O–H groups in total. The molecule has 2 nitrogen and oxygen atoms in total. The zero-order valence-corrected chi connectivity index (χ0v) is 13.0. The van der Waals surface area contributed by atoms with Gasteiger partial charge in [-0.05, 0) is 32.4 Å². The van der Waals surface area contributed by atoms with E-state index in [1.54, 1.807) is 0 Å². The number of likely N-dealkylation sites (tertiary alicyclic amines) is 1. The van der Waals surface area contributed by atoms with E-state index in [1.807, 2.05) is 36.4 Å². The zero-order chi connectivity index (χ0) is 14.3. The average Bonchev–Trinajstić information content (AvgIpc) is 2.43. The van der Waals surface area contributed by atoms with Crippen molar-refractivity contribution in [3.63, 3.8) is 0 Å². The van der Waals surface area contributed by atoms with Gasteiger partial charge in [0.25, 0.3) is 0 Å². The quantitative estimate of drug-likeness (QED) is 0.877. The molecular weight excluding hydrogens is 232 g/mol. The van der Waals surface area contributed by atoms with Gasteiger partial charge in [-0.15, -0.1) is 0 Å². The molecule has 0 spiro atoms. The number of hydrogen-bond acceptors (Lipinski definition) is 2. The number of piperidine rings is 1. The molecule has 1 aliphatic heterocycles. The number of nitrogens with zero attached hydrogens (tertiary/aromatic N) is 1. The summed E-state index contributed by atoms with van der Waals surface area (Å²) in [4.78, 5) is 2.47. The lowest BCUT2D eigenvalue weighted by Crippen LogP contribution is -2.42. The fourth-order valence-corrected chi connectivity index (χ4v) is 2.00. The molecule has 0 aromatic heterocycles. The summed E-state index contributed by atoms with van der Waals surface area (Å²) in [7, 11) is 0. The third kappa shape index (κ3) is 11.9. The normalized spacial score (nSPS) is 18.6. The van der Waals surface area contributed by atoms with Crippen LogP contribution >= 0.6 is 0 Å². The first kappa shape index (κ1) is 18.1. The van der Waals surface area contributed by atoms with Gasteiger partial charge in [-0.1, -0.05) is 63.6 Å². The lowest BCUT2D eigenvalue weighted by atomic mass is 10.1. The van der Waals surface area contributed by atoms with Gasteiger partial charge in [0.15, 0.2) is 0 Å². The minimum atomic E-state index is 0.445. The number of hydrogen-bond donors (Lipinski definition) is 1. The number of benzene rings is 1. The molecule has 1 aromatic carbocycles. The van der Waals surface area contributed by atoms with E-state index in [0.717, 1.165) is 6.54 Å². The lowest BCUT2D eigenvalue weighted by molar-refractivity contribution is 0.209. The van der Waals surface area contributed by atoms with Crippen molar-refractivity contribution < 1.29 is 0 Å². The summed E-state index contributed by atoms with van der Waals surface area (Å²) in [5.74, 6) is 0. The summed E-state index contributed by atoms with van der Waals surface area (Å²) in [5, 5.41) is 0. The van der Waals surface area contributed by atoms with E-state index in [9.17, 15) is 0 Å². The largest absolute Gasteiger partial charge is 0.327 e. The van der Waals surface area contributed by atoms with Crippen molar-refractivity contribution in [1.29, 1.82) is 0 Å². The SMILES string of the molecule is CCC.CCCN1CCCC(N)C1.c1ccccc1. The molecule has 1 unspecified atom stereocenters. The standard InChI is InChI=1S/C8H18N2.C6H6.C3H8/c1-2-5-10-6-3-4-8(9)7-10;1-2-4-6-5-3-1;1-3-2/h8H,2-7,9H2,1H3;1-6H;3H2,1-2H3. The van der Waals surface area contributed by atoms with Crippen molar-refractivity contribution in [2.24, 2.45) is 5.73 Å². The van der Waals surface area contributed by atoms with Crippen molar-refractivity contribution in [2.45, 2.75) is 52.5 Å². The lowest BCUT2D eigenvalue weighted by Gasteiger charge is -2.30. The Balaban J connectivity index is 0.000000306. The van der Waals surface area contributed by atoms with Gasteiger partial charge in [0.2, 0.25) is 0 Å². The molecule has 0 saturated carbocycles. The second-order valence-electron chi connectivity index (χ2n) is 5.06. The molecular formula is C17H32N2. The first-order valence-corrected chi connectivity index (χ1v) is 7.72. The Bertz CT molecular complexity index is 233. The summed E-state index contributed by atoms with van der Waals surface area (Å²) >= 11 is 0. The predicted octanol–water partition coefficient (Wildman–Crippen LogP) is 3.92. The minimum Gasteiger partial charge on any atom is -0.327 e.